The van der Waals surface area contributed by atoms with Gasteiger partial charge in [0.25, 0.3) is 5.91 Å². The van der Waals surface area contributed by atoms with Gasteiger partial charge in [-0.15, -0.1) is 0 Å². The van der Waals surface area contributed by atoms with Crippen molar-refractivity contribution in [3.8, 4) is 5.75 Å². The van der Waals surface area contributed by atoms with E-state index >= 15 is 0 Å². The zero-order chi connectivity index (χ0) is 28.2. The Morgan fingerprint density at radius 3 is 2.30 bits per heavy atom. The third-order valence-corrected chi connectivity index (χ3v) is 7.54. The highest BCUT2D eigenvalue weighted by atomic mass is 32.1. The van der Waals surface area contributed by atoms with E-state index in [1.54, 1.807) is 41.2 Å². The van der Waals surface area contributed by atoms with Crippen LogP contribution in [0.25, 0.3) is 0 Å². The first-order valence-corrected chi connectivity index (χ1v) is 13.5. The standard InChI is InChI=1S/C30H29FN4O4S/c1-39-25-14-4-20(5-15-25)16-18-34-26(29(38)35(30(34)40)24-10-6-21(31)7-11-24)19-27(36)32-22-8-12-23(13-9-22)33-17-2-3-28(33)37/h4-15,26H,2-3,16-19H2,1H3,(H,32,36). The Balaban J connectivity index is 1.31. The lowest BCUT2D eigenvalue weighted by atomic mass is 10.1. The number of carbonyl (C=O) groups is 3. The number of nitrogens with zero attached hydrogens (tertiary/aromatic N) is 3. The maximum atomic E-state index is 13.6. The van der Waals surface area contributed by atoms with Crippen molar-refractivity contribution < 1.29 is 23.5 Å². The highest BCUT2D eigenvalue weighted by molar-refractivity contribution is 7.80. The van der Waals surface area contributed by atoms with Crippen molar-refractivity contribution in [1.82, 2.24) is 4.90 Å². The normalized spacial score (nSPS) is 17.1. The van der Waals surface area contributed by atoms with Crippen molar-refractivity contribution in [2.24, 2.45) is 0 Å². The number of ether oxygens (including phenoxy) is 1. The zero-order valence-electron chi connectivity index (χ0n) is 22.0. The van der Waals surface area contributed by atoms with Crippen molar-refractivity contribution in [3.05, 3.63) is 84.2 Å². The van der Waals surface area contributed by atoms with Crippen molar-refractivity contribution >= 4 is 52.1 Å². The Labute approximate surface area is 237 Å². The number of benzene rings is 3. The Morgan fingerprint density at radius 1 is 1.00 bits per heavy atom. The number of carbonyl (C=O) groups excluding carboxylic acids is 3. The third kappa shape index (κ3) is 5.81. The van der Waals surface area contributed by atoms with Crippen LogP contribution in [0.15, 0.2) is 72.8 Å². The molecule has 2 saturated heterocycles. The Hall–Kier alpha value is -4.31. The van der Waals surface area contributed by atoms with Crippen LogP contribution in [0.5, 0.6) is 5.75 Å². The minimum absolute atomic E-state index is 0.0907. The van der Waals surface area contributed by atoms with E-state index in [0.29, 0.717) is 37.3 Å². The van der Waals surface area contributed by atoms with Crippen molar-refractivity contribution in [2.45, 2.75) is 31.7 Å². The van der Waals surface area contributed by atoms with Crippen LogP contribution in [0.1, 0.15) is 24.8 Å². The van der Waals surface area contributed by atoms with E-state index in [9.17, 15) is 18.8 Å². The van der Waals surface area contributed by atoms with E-state index in [1.165, 1.54) is 29.2 Å². The van der Waals surface area contributed by atoms with E-state index in [-0.39, 0.29) is 29.3 Å². The molecule has 2 aliphatic heterocycles. The molecular formula is C30H29FN4O4S. The number of anilines is 3. The van der Waals surface area contributed by atoms with E-state index < -0.39 is 11.9 Å². The summed E-state index contributed by atoms with van der Waals surface area (Å²) in [7, 11) is 1.60. The summed E-state index contributed by atoms with van der Waals surface area (Å²) in [5, 5.41) is 3.12. The number of thiocarbonyl (C=S) groups is 1. The van der Waals surface area contributed by atoms with Gasteiger partial charge in [0.1, 0.15) is 17.6 Å². The molecule has 40 heavy (non-hydrogen) atoms. The van der Waals surface area contributed by atoms with Crippen LogP contribution in [0.4, 0.5) is 21.5 Å². The monoisotopic (exact) mass is 560 g/mol. The van der Waals surface area contributed by atoms with Gasteiger partial charge in [-0.3, -0.25) is 19.3 Å². The highest BCUT2D eigenvalue weighted by Gasteiger charge is 2.44. The summed E-state index contributed by atoms with van der Waals surface area (Å²) in [6.45, 7) is 1.09. The van der Waals surface area contributed by atoms with Crippen molar-refractivity contribution in [2.75, 3.05) is 35.3 Å². The fraction of sp³-hybridized carbons (Fsp3) is 0.267. The molecular weight excluding hydrogens is 531 g/mol. The molecule has 0 aliphatic carbocycles. The average molecular weight is 561 g/mol. The fourth-order valence-electron chi connectivity index (χ4n) is 4.99. The molecule has 10 heteroatoms. The molecule has 0 radical (unpaired) electrons. The third-order valence-electron chi connectivity index (χ3n) is 7.12. The minimum atomic E-state index is -0.822. The molecule has 206 valence electrons. The topological polar surface area (TPSA) is 82.2 Å². The lowest BCUT2D eigenvalue weighted by molar-refractivity contribution is -0.124. The summed E-state index contributed by atoms with van der Waals surface area (Å²) in [6, 6.07) is 19.4. The number of rotatable bonds is 9. The van der Waals surface area contributed by atoms with E-state index in [1.807, 2.05) is 24.3 Å². The van der Waals surface area contributed by atoms with Crippen LogP contribution in [-0.2, 0) is 20.8 Å². The maximum absolute atomic E-state index is 13.6. The molecule has 0 saturated carbocycles. The van der Waals surface area contributed by atoms with E-state index in [2.05, 4.69) is 5.32 Å². The second-order valence-electron chi connectivity index (χ2n) is 9.69. The average Bonchev–Trinajstić information content (AvgIpc) is 3.48. The van der Waals surface area contributed by atoms with Crippen LogP contribution >= 0.6 is 12.2 Å². The van der Waals surface area contributed by atoms with E-state index in [4.69, 9.17) is 17.0 Å². The van der Waals surface area contributed by atoms with Crippen molar-refractivity contribution in [1.29, 1.82) is 0 Å². The first-order chi connectivity index (χ1) is 19.3. The number of nitrogens with one attached hydrogen (secondary N) is 1. The Morgan fingerprint density at radius 2 is 1.68 bits per heavy atom. The van der Waals surface area contributed by atoms with Gasteiger partial charge in [0.2, 0.25) is 11.8 Å². The second-order valence-corrected chi connectivity index (χ2v) is 10.1. The smallest absolute Gasteiger partial charge is 0.256 e. The largest absolute Gasteiger partial charge is 0.497 e. The van der Waals surface area contributed by atoms with Gasteiger partial charge in [-0.25, -0.2) is 4.39 Å². The van der Waals surface area contributed by atoms with Gasteiger partial charge in [0.05, 0.1) is 19.2 Å². The highest BCUT2D eigenvalue weighted by Crippen LogP contribution is 2.29. The molecule has 0 aromatic heterocycles. The quantitative estimate of drug-likeness (QED) is 0.387. The summed E-state index contributed by atoms with van der Waals surface area (Å²) >= 11 is 5.70. The molecule has 2 fully saturated rings. The van der Waals surface area contributed by atoms with Crippen LogP contribution in [0, 0.1) is 5.82 Å². The molecule has 1 atom stereocenters. The summed E-state index contributed by atoms with van der Waals surface area (Å²) in [6.07, 6.45) is 1.84. The van der Waals surface area contributed by atoms with E-state index in [0.717, 1.165) is 23.4 Å². The minimum Gasteiger partial charge on any atom is -0.497 e. The predicted molar refractivity (Wildman–Crippen MR) is 155 cm³/mol. The molecule has 3 aromatic carbocycles. The molecule has 3 aromatic rings. The fourth-order valence-corrected chi connectivity index (χ4v) is 5.40. The van der Waals surface area contributed by atoms with Crippen LogP contribution in [0.2, 0.25) is 0 Å². The molecule has 1 unspecified atom stereocenters. The first-order valence-electron chi connectivity index (χ1n) is 13.1. The summed E-state index contributed by atoms with van der Waals surface area (Å²) < 4.78 is 18.8. The van der Waals surface area contributed by atoms with Gasteiger partial charge in [-0.05, 0) is 91.3 Å². The van der Waals surface area contributed by atoms with Crippen LogP contribution < -0.4 is 19.9 Å². The van der Waals surface area contributed by atoms with Crippen LogP contribution in [0.3, 0.4) is 0 Å². The van der Waals surface area contributed by atoms with Gasteiger partial charge < -0.3 is 19.9 Å². The molecule has 3 amide bonds. The molecule has 2 aliphatic rings. The lowest BCUT2D eigenvalue weighted by Gasteiger charge is -2.24. The van der Waals surface area contributed by atoms with Gasteiger partial charge in [-0.2, -0.15) is 0 Å². The predicted octanol–water partition coefficient (Wildman–Crippen LogP) is 4.53. The van der Waals surface area contributed by atoms with Gasteiger partial charge >= 0.3 is 0 Å². The molecule has 5 rings (SSSR count). The number of halogens is 1. The Kier molecular flexibility index (Phi) is 8.06. The van der Waals surface area contributed by atoms with Crippen LogP contribution in [-0.4, -0.2) is 54.0 Å². The number of amides is 3. The summed E-state index contributed by atoms with van der Waals surface area (Å²) in [5.74, 6) is -0.277. The van der Waals surface area contributed by atoms with Gasteiger partial charge in [0, 0.05) is 30.9 Å². The zero-order valence-corrected chi connectivity index (χ0v) is 22.8. The molecule has 8 nitrogen and oxygen atoms in total. The van der Waals surface area contributed by atoms with Crippen molar-refractivity contribution in [3.63, 3.8) is 0 Å². The SMILES string of the molecule is COc1ccc(CCN2C(=S)N(c3ccc(F)cc3)C(=O)C2CC(=O)Nc2ccc(N3CCCC3=O)cc2)cc1. The number of methoxy groups -OCH3 is 1. The Bertz CT molecular complexity index is 1410. The molecule has 1 N–H and O–H groups in total. The first kappa shape index (κ1) is 27.3. The summed E-state index contributed by atoms with van der Waals surface area (Å²) in [4.78, 5) is 43.6. The number of hydrogen-bond donors (Lipinski definition) is 1. The second kappa shape index (κ2) is 11.8. The summed E-state index contributed by atoms with van der Waals surface area (Å²) in [5.41, 5.74) is 2.82. The molecule has 0 spiro atoms. The number of hydrogen-bond acceptors (Lipinski definition) is 5. The lowest BCUT2D eigenvalue weighted by Crippen LogP contribution is -2.39. The van der Waals surface area contributed by atoms with Gasteiger partial charge in [-0.1, -0.05) is 12.1 Å². The molecule has 0 bridgehead atoms. The van der Waals surface area contributed by atoms with Gasteiger partial charge in [0.15, 0.2) is 5.11 Å². The maximum Gasteiger partial charge on any atom is 0.256 e. The molecule has 2 heterocycles.